The van der Waals surface area contributed by atoms with E-state index < -0.39 is 24.5 Å². The number of likely N-dealkylation sites (tertiary alicyclic amines) is 1. The van der Waals surface area contributed by atoms with E-state index >= 15 is 0 Å². The van der Waals surface area contributed by atoms with Gasteiger partial charge in [0, 0.05) is 19.1 Å². The van der Waals surface area contributed by atoms with E-state index in [0.29, 0.717) is 23.8 Å². The fourth-order valence-electron chi connectivity index (χ4n) is 3.87. The number of nitrogens with zero attached hydrogens (tertiary/aromatic N) is 6. The normalized spacial score (nSPS) is 32.9. The minimum Gasteiger partial charge on any atom is -0.387 e. The average molecular weight is 363 g/mol. The van der Waals surface area contributed by atoms with Crippen molar-refractivity contribution in [3.8, 4) is 0 Å². The lowest BCUT2D eigenvalue weighted by atomic mass is 10.1. The van der Waals surface area contributed by atoms with Gasteiger partial charge in [-0.3, -0.25) is 9.47 Å². The van der Waals surface area contributed by atoms with Crippen LogP contribution in [0.5, 0.6) is 0 Å². The molecule has 5 atom stereocenters. The van der Waals surface area contributed by atoms with Gasteiger partial charge in [0.1, 0.15) is 30.2 Å². The van der Waals surface area contributed by atoms with Crippen LogP contribution in [0.3, 0.4) is 0 Å². The van der Waals surface area contributed by atoms with Gasteiger partial charge < -0.3 is 25.6 Å². The van der Waals surface area contributed by atoms with Crippen molar-refractivity contribution in [2.24, 2.45) is 0 Å². The molecular weight excluding hydrogens is 338 g/mol. The largest absolute Gasteiger partial charge is 0.387 e. The standard InChI is InChI=1S/C16H25N7O3/c1-21-4-3-9(5-21)22(2)6-10-12(24)13(25)16(26-10)23-8-20-11-14(17)18-7-19-15(11)23/h7-10,12-13,16,24-25H,3-6H2,1-2H3,(H2,17,18,19)/t9-,10-,12-,13-,16-/m1/s1. The highest BCUT2D eigenvalue weighted by atomic mass is 16.6. The molecule has 2 fully saturated rings. The maximum Gasteiger partial charge on any atom is 0.167 e. The number of fused-ring (bicyclic) bond motifs is 1. The summed E-state index contributed by atoms with van der Waals surface area (Å²) < 4.78 is 7.60. The third-order valence-electron chi connectivity index (χ3n) is 5.46. The summed E-state index contributed by atoms with van der Waals surface area (Å²) >= 11 is 0. The molecule has 26 heavy (non-hydrogen) atoms. The Morgan fingerprint density at radius 3 is 2.85 bits per heavy atom. The molecule has 0 aliphatic carbocycles. The zero-order chi connectivity index (χ0) is 18.4. The zero-order valence-electron chi connectivity index (χ0n) is 14.9. The molecule has 0 bridgehead atoms. The molecule has 0 unspecified atom stereocenters. The highest BCUT2D eigenvalue weighted by Crippen LogP contribution is 2.32. The Bertz CT molecular complexity index is 784. The summed E-state index contributed by atoms with van der Waals surface area (Å²) in [7, 11) is 4.13. The number of hydrogen-bond acceptors (Lipinski definition) is 9. The molecule has 10 nitrogen and oxygen atoms in total. The molecule has 2 saturated heterocycles. The van der Waals surface area contributed by atoms with Crippen LogP contribution in [-0.2, 0) is 4.74 Å². The number of anilines is 1. The number of likely N-dealkylation sites (N-methyl/N-ethyl adjacent to an activating group) is 2. The topological polar surface area (TPSA) is 126 Å². The molecule has 142 valence electrons. The maximum atomic E-state index is 10.5. The molecule has 0 amide bonds. The van der Waals surface area contributed by atoms with Gasteiger partial charge >= 0.3 is 0 Å². The van der Waals surface area contributed by atoms with Crippen molar-refractivity contribution in [2.45, 2.75) is 37.0 Å². The van der Waals surface area contributed by atoms with Crippen LogP contribution in [0.2, 0.25) is 0 Å². The molecule has 2 aliphatic rings. The van der Waals surface area contributed by atoms with E-state index in [2.05, 4.69) is 31.8 Å². The Kier molecular flexibility index (Phi) is 4.53. The number of nitrogen functional groups attached to an aromatic ring is 1. The minimum atomic E-state index is -1.08. The first-order chi connectivity index (χ1) is 12.5. The fourth-order valence-corrected chi connectivity index (χ4v) is 3.87. The third-order valence-corrected chi connectivity index (χ3v) is 5.46. The van der Waals surface area contributed by atoms with Crippen LogP contribution in [0.15, 0.2) is 12.7 Å². The second kappa shape index (κ2) is 6.71. The molecule has 10 heteroatoms. The Balaban J connectivity index is 1.51. The van der Waals surface area contributed by atoms with Crippen molar-refractivity contribution in [2.75, 3.05) is 39.5 Å². The average Bonchev–Trinajstić information content (AvgIpc) is 3.30. The lowest BCUT2D eigenvalue weighted by Crippen LogP contribution is -2.43. The van der Waals surface area contributed by atoms with Gasteiger partial charge in [-0.2, -0.15) is 0 Å². The molecule has 0 aromatic carbocycles. The Morgan fingerprint density at radius 1 is 1.31 bits per heavy atom. The van der Waals surface area contributed by atoms with Crippen LogP contribution >= 0.6 is 0 Å². The van der Waals surface area contributed by atoms with Crippen LogP contribution < -0.4 is 5.73 Å². The number of aromatic nitrogens is 4. The molecule has 4 N–H and O–H groups in total. The van der Waals surface area contributed by atoms with Crippen LogP contribution in [0.1, 0.15) is 12.6 Å². The smallest absolute Gasteiger partial charge is 0.167 e. The molecule has 0 saturated carbocycles. The summed E-state index contributed by atoms with van der Waals surface area (Å²) in [4.78, 5) is 16.8. The minimum absolute atomic E-state index is 0.267. The molecule has 2 aromatic rings. The summed E-state index contributed by atoms with van der Waals surface area (Å²) in [6, 6.07) is 0.425. The predicted molar refractivity (Wildman–Crippen MR) is 94.2 cm³/mol. The van der Waals surface area contributed by atoms with Crippen molar-refractivity contribution < 1.29 is 14.9 Å². The van der Waals surface area contributed by atoms with E-state index in [1.165, 1.54) is 12.7 Å². The molecule has 0 radical (unpaired) electrons. The fraction of sp³-hybridized carbons (Fsp3) is 0.688. The van der Waals surface area contributed by atoms with Crippen molar-refractivity contribution in [1.82, 2.24) is 29.3 Å². The quantitative estimate of drug-likeness (QED) is 0.605. The molecule has 4 heterocycles. The highest BCUT2D eigenvalue weighted by molar-refractivity contribution is 5.81. The highest BCUT2D eigenvalue weighted by Gasteiger charge is 2.45. The van der Waals surface area contributed by atoms with Gasteiger partial charge in [0.2, 0.25) is 0 Å². The van der Waals surface area contributed by atoms with Gasteiger partial charge in [-0.25, -0.2) is 15.0 Å². The van der Waals surface area contributed by atoms with Crippen LogP contribution in [0.25, 0.3) is 11.2 Å². The summed E-state index contributed by atoms with van der Waals surface area (Å²) in [5.74, 6) is 0.267. The third kappa shape index (κ3) is 2.93. The first-order valence-electron chi connectivity index (χ1n) is 8.79. The molecule has 4 rings (SSSR count). The van der Waals surface area contributed by atoms with E-state index in [0.717, 1.165) is 19.5 Å². The van der Waals surface area contributed by atoms with E-state index in [-0.39, 0.29) is 5.82 Å². The van der Waals surface area contributed by atoms with Gasteiger partial charge in [-0.15, -0.1) is 0 Å². The lowest BCUT2D eigenvalue weighted by molar-refractivity contribution is -0.0449. The Labute approximate surface area is 151 Å². The molecule has 2 aromatic heterocycles. The van der Waals surface area contributed by atoms with Crippen molar-refractivity contribution in [1.29, 1.82) is 0 Å². The summed E-state index contributed by atoms with van der Waals surface area (Å²) in [6.07, 6.45) is 0.608. The van der Waals surface area contributed by atoms with Gasteiger partial charge in [0.05, 0.1) is 6.33 Å². The SMILES string of the molecule is CN1CC[C@@H](N(C)C[C@H]2O[C@@H](n3cnc4c(N)ncnc43)[C@H](O)[C@@H]2O)C1. The second-order valence-corrected chi connectivity index (χ2v) is 7.27. The molecule has 2 aliphatic heterocycles. The number of ether oxygens (including phenoxy) is 1. The van der Waals surface area contributed by atoms with Crippen LogP contribution in [0, 0.1) is 0 Å². The number of aliphatic hydroxyl groups excluding tert-OH is 2. The number of hydrogen-bond donors (Lipinski definition) is 3. The van der Waals surface area contributed by atoms with Crippen LogP contribution in [0.4, 0.5) is 5.82 Å². The monoisotopic (exact) mass is 363 g/mol. The molecular formula is C16H25N7O3. The van der Waals surface area contributed by atoms with E-state index in [9.17, 15) is 10.2 Å². The first-order valence-corrected chi connectivity index (χ1v) is 8.79. The van der Waals surface area contributed by atoms with Crippen molar-refractivity contribution in [3.63, 3.8) is 0 Å². The van der Waals surface area contributed by atoms with E-state index in [1.54, 1.807) is 4.57 Å². The van der Waals surface area contributed by atoms with Gasteiger partial charge in [0.25, 0.3) is 0 Å². The Hall–Kier alpha value is -1.85. The predicted octanol–water partition coefficient (Wildman–Crippen LogP) is -1.34. The number of rotatable bonds is 4. The lowest BCUT2D eigenvalue weighted by Gasteiger charge is -2.27. The zero-order valence-corrected chi connectivity index (χ0v) is 14.9. The number of imidazole rings is 1. The van der Waals surface area contributed by atoms with Crippen molar-refractivity contribution >= 4 is 17.0 Å². The molecule has 0 spiro atoms. The summed E-state index contributed by atoms with van der Waals surface area (Å²) in [6.45, 7) is 2.60. The summed E-state index contributed by atoms with van der Waals surface area (Å²) in [5, 5.41) is 21.0. The summed E-state index contributed by atoms with van der Waals surface area (Å²) in [5.41, 5.74) is 6.74. The maximum absolute atomic E-state index is 10.5. The van der Waals surface area contributed by atoms with Gasteiger partial charge in [-0.05, 0) is 27.1 Å². The van der Waals surface area contributed by atoms with Crippen molar-refractivity contribution in [3.05, 3.63) is 12.7 Å². The van der Waals surface area contributed by atoms with Crippen LogP contribution in [-0.4, -0.2) is 97.6 Å². The van der Waals surface area contributed by atoms with Gasteiger partial charge in [0.15, 0.2) is 17.7 Å². The van der Waals surface area contributed by atoms with Gasteiger partial charge in [-0.1, -0.05) is 0 Å². The first kappa shape index (κ1) is 17.6. The second-order valence-electron chi connectivity index (χ2n) is 7.27. The van der Waals surface area contributed by atoms with E-state index in [1.807, 2.05) is 7.05 Å². The number of aliphatic hydroxyl groups is 2. The number of nitrogens with two attached hydrogens (primary N) is 1. The Morgan fingerprint density at radius 2 is 2.12 bits per heavy atom. The van der Waals surface area contributed by atoms with E-state index in [4.69, 9.17) is 10.5 Å².